The molecule has 1 N–H and O–H groups in total. The van der Waals surface area contributed by atoms with Crippen molar-refractivity contribution < 1.29 is 9.90 Å². The Kier molecular flexibility index (Phi) is 3.27. The zero-order chi connectivity index (χ0) is 18.8. The molecule has 1 unspecified atom stereocenters. The van der Waals surface area contributed by atoms with E-state index >= 15 is 0 Å². The maximum Gasteiger partial charge on any atom is 0.204 e. The molecule has 5 heteroatoms. The first kappa shape index (κ1) is 16.1. The van der Waals surface area contributed by atoms with Crippen LogP contribution in [0.25, 0.3) is 10.9 Å². The first-order valence-corrected chi connectivity index (χ1v) is 9.07. The van der Waals surface area contributed by atoms with Crippen LogP contribution in [0.5, 0.6) is 0 Å². The minimum atomic E-state index is -1.56. The Morgan fingerprint density at radius 3 is 2.85 bits per heavy atom. The van der Waals surface area contributed by atoms with Gasteiger partial charge >= 0.3 is 0 Å². The number of pyridine rings is 1. The van der Waals surface area contributed by atoms with Gasteiger partial charge in [-0.3, -0.25) is 9.78 Å². The fourth-order valence-electron chi connectivity index (χ4n) is 4.21. The summed E-state index contributed by atoms with van der Waals surface area (Å²) in [5.41, 5.74) is 3.36. The van der Waals surface area contributed by atoms with Gasteiger partial charge in [0.25, 0.3) is 0 Å². The molecule has 0 radical (unpaired) electrons. The number of carbonyl (C=O) groups excluding carboxylic acids is 1. The molecule has 0 aliphatic carbocycles. The van der Waals surface area contributed by atoms with E-state index in [1.807, 2.05) is 61.2 Å². The fourth-order valence-corrected chi connectivity index (χ4v) is 4.21. The van der Waals surface area contributed by atoms with Gasteiger partial charge in [0.15, 0.2) is 5.60 Å². The van der Waals surface area contributed by atoms with Crippen LogP contribution in [-0.4, -0.2) is 33.9 Å². The third kappa shape index (κ3) is 2.25. The SMILES string of the molecule is Cc1cc(C)c2c(c1)N=C1N(c3ccc4ncccc4c3)CCC1(O)C2=O. The molecule has 2 aliphatic heterocycles. The normalized spacial score (nSPS) is 21.2. The number of benzene rings is 2. The molecule has 134 valence electrons. The molecule has 2 aliphatic rings. The van der Waals surface area contributed by atoms with Crippen molar-refractivity contribution in [3.05, 3.63) is 65.4 Å². The highest BCUT2D eigenvalue weighted by molar-refractivity contribution is 6.29. The number of Topliss-reactive ketones (excluding diaryl/α,β-unsaturated/α-hetero) is 1. The number of hydrogen-bond acceptors (Lipinski definition) is 5. The minimum Gasteiger partial charge on any atom is -0.374 e. The lowest BCUT2D eigenvalue weighted by Gasteiger charge is -2.30. The van der Waals surface area contributed by atoms with Crippen LogP contribution in [0.1, 0.15) is 27.9 Å². The van der Waals surface area contributed by atoms with E-state index in [9.17, 15) is 9.90 Å². The Hall–Kier alpha value is -3.05. The number of rotatable bonds is 1. The zero-order valence-corrected chi connectivity index (χ0v) is 15.2. The summed E-state index contributed by atoms with van der Waals surface area (Å²) < 4.78 is 0. The monoisotopic (exact) mass is 357 g/mol. The number of aromatic nitrogens is 1. The second-order valence-corrected chi connectivity index (χ2v) is 7.38. The number of carbonyl (C=O) groups is 1. The van der Waals surface area contributed by atoms with Crippen molar-refractivity contribution in [1.82, 2.24) is 4.98 Å². The number of anilines is 1. The van der Waals surface area contributed by atoms with Crippen molar-refractivity contribution in [1.29, 1.82) is 0 Å². The highest BCUT2D eigenvalue weighted by atomic mass is 16.3. The molecule has 3 heterocycles. The number of fused-ring (bicyclic) bond motifs is 3. The molecule has 5 nitrogen and oxygen atoms in total. The average molecular weight is 357 g/mol. The van der Waals surface area contributed by atoms with Gasteiger partial charge < -0.3 is 10.0 Å². The van der Waals surface area contributed by atoms with E-state index in [4.69, 9.17) is 4.99 Å². The van der Waals surface area contributed by atoms with E-state index in [0.29, 0.717) is 30.1 Å². The van der Waals surface area contributed by atoms with Gasteiger partial charge in [0, 0.05) is 35.8 Å². The molecule has 27 heavy (non-hydrogen) atoms. The molecule has 3 aromatic rings. The second-order valence-electron chi connectivity index (χ2n) is 7.38. The number of aliphatic imine (C=N–C) groups is 1. The van der Waals surface area contributed by atoms with Gasteiger partial charge in [0.05, 0.1) is 11.2 Å². The maximum absolute atomic E-state index is 13.2. The molecule has 1 fully saturated rings. The predicted octanol–water partition coefficient (Wildman–Crippen LogP) is 3.72. The molecule has 0 bridgehead atoms. The van der Waals surface area contributed by atoms with E-state index in [2.05, 4.69) is 4.98 Å². The molecule has 2 aromatic carbocycles. The van der Waals surface area contributed by atoms with Crippen LogP contribution in [-0.2, 0) is 0 Å². The molecule has 0 spiro atoms. The zero-order valence-electron chi connectivity index (χ0n) is 15.2. The van der Waals surface area contributed by atoms with E-state index < -0.39 is 5.60 Å². The van der Waals surface area contributed by atoms with E-state index in [1.54, 1.807) is 6.20 Å². The van der Waals surface area contributed by atoms with Gasteiger partial charge in [-0.25, -0.2) is 4.99 Å². The lowest BCUT2D eigenvalue weighted by Crippen LogP contribution is -2.49. The topological polar surface area (TPSA) is 65.8 Å². The number of amidine groups is 1. The van der Waals surface area contributed by atoms with E-state index in [1.165, 1.54) is 0 Å². The molecule has 5 rings (SSSR count). The Labute approximate surface area is 157 Å². The molecule has 1 atom stereocenters. The number of hydrogen-bond donors (Lipinski definition) is 1. The summed E-state index contributed by atoms with van der Waals surface area (Å²) in [4.78, 5) is 24.2. The van der Waals surface area contributed by atoms with Gasteiger partial charge in [-0.1, -0.05) is 12.1 Å². The number of aryl methyl sites for hydroxylation is 2. The van der Waals surface area contributed by atoms with Gasteiger partial charge in [-0.15, -0.1) is 0 Å². The van der Waals surface area contributed by atoms with Crippen molar-refractivity contribution in [3.63, 3.8) is 0 Å². The fraction of sp³-hybridized carbons (Fsp3) is 0.227. The van der Waals surface area contributed by atoms with Gasteiger partial charge in [0.2, 0.25) is 5.78 Å². The summed E-state index contributed by atoms with van der Waals surface area (Å²) in [7, 11) is 0. The van der Waals surface area contributed by atoms with Crippen molar-refractivity contribution in [3.8, 4) is 0 Å². The average Bonchev–Trinajstić information content (AvgIpc) is 2.99. The van der Waals surface area contributed by atoms with Gasteiger partial charge in [-0.05, 0) is 55.3 Å². The van der Waals surface area contributed by atoms with E-state index in [-0.39, 0.29) is 5.78 Å². The van der Waals surface area contributed by atoms with Crippen LogP contribution in [0.3, 0.4) is 0 Å². The first-order valence-electron chi connectivity index (χ1n) is 9.07. The van der Waals surface area contributed by atoms with Crippen LogP contribution < -0.4 is 4.90 Å². The highest BCUT2D eigenvalue weighted by Gasteiger charge is 2.52. The molecule has 0 saturated carbocycles. The lowest BCUT2D eigenvalue weighted by molar-refractivity contribution is 0.0601. The summed E-state index contributed by atoms with van der Waals surface area (Å²) in [6, 6.07) is 13.7. The van der Waals surface area contributed by atoms with E-state index in [0.717, 1.165) is 27.7 Å². The maximum atomic E-state index is 13.2. The van der Waals surface area contributed by atoms with Gasteiger partial charge in [0.1, 0.15) is 5.84 Å². The first-order chi connectivity index (χ1) is 13.0. The van der Waals surface area contributed by atoms with Crippen LogP contribution in [0, 0.1) is 13.8 Å². The van der Waals surface area contributed by atoms with Crippen LogP contribution >= 0.6 is 0 Å². The van der Waals surface area contributed by atoms with Crippen molar-refractivity contribution in [2.24, 2.45) is 4.99 Å². The summed E-state index contributed by atoms with van der Waals surface area (Å²) in [5.74, 6) is 0.179. The highest BCUT2D eigenvalue weighted by Crippen LogP contribution is 2.41. The second kappa shape index (κ2) is 5.47. The summed E-state index contributed by atoms with van der Waals surface area (Å²) in [6.45, 7) is 4.43. The largest absolute Gasteiger partial charge is 0.374 e. The molecule has 1 saturated heterocycles. The van der Waals surface area contributed by atoms with Crippen molar-refractivity contribution in [2.75, 3.05) is 11.4 Å². The third-order valence-electron chi connectivity index (χ3n) is 5.51. The third-order valence-corrected chi connectivity index (χ3v) is 5.51. The molecular formula is C22H19N3O2. The van der Waals surface area contributed by atoms with Crippen LogP contribution in [0.2, 0.25) is 0 Å². The standard InChI is InChI=1S/C22H19N3O2/c1-13-10-14(2)19-18(11-13)24-21-22(27,20(19)26)7-9-25(21)16-5-6-17-15(12-16)4-3-8-23-17/h3-6,8,10-12,27H,7,9H2,1-2H3. The van der Waals surface area contributed by atoms with Crippen molar-refractivity contribution >= 4 is 33.9 Å². The molecule has 0 amide bonds. The molecule has 1 aromatic heterocycles. The number of ketones is 1. The Morgan fingerprint density at radius 2 is 2.00 bits per heavy atom. The smallest absolute Gasteiger partial charge is 0.204 e. The quantitative estimate of drug-likeness (QED) is 0.721. The Balaban J connectivity index is 1.68. The Morgan fingerprint density at radius 1 is 1.15 bits per heavy atom. The number of aliphatic hydroxyl groups is 1. The molecular weight excluding hydrogens is 338 g/mol. The lowest BCUT2D eigenvalue weighted by atomic mass is 9.85. The predicted molar refractivity (Wildman–Crippen MR) is 106 cm³/mol. The summed E-state index contributed by atoms with van der Waals surface area (Å²) in [6.07, 6.45) is 2.10. The van der Waals surface area contributed by atoms with Crippen molar-refractivity contribution in [2.45, 2.75) is 25.9 Å². The number of nitrogens with zero attached hydrogens (tertiary/aromatic N) is 3. The Bertz CT molecular complexity index is 1150. The van der Waals surface area contributed by atoms with Crippen LogP contribution in [0.15, 0.2) is 53.7 Å². The van der Waals surface area contributed by atoms with Gasteiger partial charge in [-0.2, -0.15) is 0 Å². The summed E-state index contributed by atoms with van der Waals surface area (Å²) >= 11 is 0. The summed E-state index contributed by atoms with van der Waals surface area (Å²) in [5, 5.41) is 12.2. The minimum absolute atomic E-state index is 0.245. The van der Waals surface area contributed by atoms with Crippen LogP contribution in [0.4, 0.5) is 11.4 Å².